The number of anilines is 1. The fourth-order valence-corrected chi connectivity index (χ4v) is 4.23. The molecule has 6 nitrogen and oxygen atoms in total. The Bertz CT molecular complexity index is 1230. The van der Waals surface area contributed by atoms with E-state index < -0.39 is 15.9 Å². The number of carbonyl (C=O) groups is 1. The summed E-state index contributed by atoms with van der Waals surface area (Å²) in [5, 5.41) is 2.97. The Morgan fingerprint density at radius 2 is 1.62 bits per heavy atom. The smallest absolute Gasteiger partial charge is 0.261 e. The predicted molar refractivity (Wildman–Crippen MR) is 127 cm³/mol. The van der Waals surface area contributed by atoms with Crippen molar-refractivity contribution in [2.45, 2.75) is 25.7 Å². The minimum absolute atomic E-state index is 0.132. The third-order valence-electron chi connectivity index (χ3n) is 4.78. The molecule has 0 heterocycles. The maximum absolute atomic E-state index is 12.6. The largest absolute Gasteiger partial charge is 0.491 e. The molecule has 0 radical (unpaired) electrons. The van der Waals surface area contributed by atoms with Crippen molar-refractivity contribution in [1.82, 2.24) is 5.32 Å². The number of ether oxygens (including phenoxy) is 1. The van der Waals surface area contributed by atoms with E-state index in [9.17, 15) is 13.2 Å². The van der Waals surface area contributed by atoms with Gasteiger partial charge in [0.05, 0.1) is 22.0 Å². The second kappa shape index (κ2) is 10.1. The number of aryl methyl sites for hydroxylation is 3. The fourth-order valence-electron chi connectivity index (χ4n) is 2.98. The molecular weight excluding hydrogens is 448 g/mol. The van der Waals surface area contributed by atoms with Crippen LogP contribution >= 0.6 is 11.6 Å². The topological polar surface area (TPSA) is 84.5 Å². The Morgan fingerprint density at radius 3 is 2.34 bits per heavy atom. The van der Waals surface area contributed by atoms with Crippen molar-refractivity contribution in [3.05, 3.63) is 87.9 Å². The SMILES string of the molecule is Cc1ccc(S(=O)(=O)Nc2ccc(Cl)c(C(=O)NCCOc3cc(C)ccc3C)c2)cc1. The normalized spacial score (nSPS) is 11.1. The van der Waals surface area contributed by atoms with Gasteiger partial charge >= 0.3 is 0 Å². The Morgan fingerprint density at radius 1 is 0.938 bits per heavy atom. The molecule has 0 bridgehead atoms. The lowest BCUT2D eigenvalue weighted by atomic mass is 10.1. The molecule has 0 atom stereocenters. The van der Waals surface area contributed by atoms with Crippen molar-refractivity contribution in [1.29, 1.82) is 0 Å². The third-order valence-corrected chi connectivity index (χ3v) is 6.51. The van der Waals surface area contributed by atoms with Crippen molar-refractivity contribution in [3.63, 3.8) is 0 Å². The summed E-state index contributed by atoms with van der Waals surface area (Å²) in [4.78, 5) is 12.7. The van der Waals surface area contributed by atoms with E-state index in [2.05, 4.69) is 10.0 Å². The van der Waals surface area contributed by atoms with Crippen LogP contribution in [0, 0.1) is 20.8 Å². The first-order valence-corrected chi connectivity index (χ1v) is 11.9. The first-order valence-electron chi connectivity index (χ1n) is 10.0. The molecule has 8 heteroatoms. The standard InChI is InChI=1S/C24H25ClN2O4S/c1-16-5-9-20(10-6-16)32(29,30)27-19-8-11-22(25)21(15-19)24(28)26-12-13-31-23-14-17(2)4-7-18(23)3/h4-11,14-15,27H,12-13H2,1-3H3,(H,26,28). The third kappa shape index (κ3) is 6.02. The van der Waals surface area contributed by atoms with E-state index in [1.807, 2.05) is 39.0 Å². The van der Waals surface area contributed by atoms with E-state index in [0.717, 1.165) is 22.4 Å². The van der Waals surface area contributed by atoms with Crippen molar-refractivity contribution >= 4 is 33.2 Å². The van der Waals surface area contributed by atoms with Gasteiger partial charge < -0.3 is 10.1 Å². The molecule has 0 saturated heterocycles. The summed E-state index contributed by atoms with van der Waals surface area (Å²) in [6.45, 7) is 6.36. The minimum atomic E-state index is -3.79. The van der Waals surface area contributed by atoms with Gasteiger partial charge in [-0.3, -0.25) is 9.52 Å². The quantitative estimate of drug-likeness (QED) is 0.458. The number of sulfonamides is 1. The molecule has 0 unspecified atom stereocenters. The van der Waals surface area contributed by atoms with E-state index in [1.54, 1.807) is 12.1 Å². The molecule has 0 aromatic heterocycles. The lowest BCUT2D eigenvalue weighted by Crippen LogP contribution is -2.28. The van der Waals surface area contributed by atoms with Crippen molar-refractivity contribution in [2.75, 3.05) is 17.9 Å². The van der Waals surface area contributed by atoms with Crippen LogP contribution in [-0.4, -0.2) is 27.5 Å². The van der Waals surface area contributed by atoms with E-state index in [-0.39, 0.29) is 34.3 Å². The fraction of sp³-hybridized carbons (Fsp3) is 0.208. The molecule has 0 aliphatic carbocycles. The van der Waals surface area contributed by atoms with Gasteiger partial charge in [-0.25, -0.2) is 8.42 Å². The number of hydrogen-bond acceptors (Lipinski definition) is 4. The maximum Gasteiger partial charge on any atom is 0.261 e. The zero-order valence-corrected chi connectivity index (χ0v) is 19.7. The summed E-state index contributed by atoms with van der Waals surface area (Å²) in [7, 11) is -3.79. The van der Waals surface area contributed by atoms with Crippen LogP contribution < -0.4 is 14.8 Å². The van der Waals surface area contributed by atoms with Gasteiger partial charge in [-0.05, 0) is 68.3 Å². The molecule has 0 spiro atoms. The van der Waals surface area contributed by atoms with E-state index in [1.165, 1.54) is 30.3 Å². The average Bonchev–Trinajstić information content (AvgIpc) is 2.75. The molecule has 2 N–H and O–H groups in total. The molecule has 0 saturated carbocycles. The summed E-state index contributed by atoms with van der Waals surface area (Å²) in [6, 6.07) is 16.8. The first kappa shape index (κ1) is 23.6. The molecule has 3 aromatic rings. The van der Waals surface area contributed by atoms with Gasteiger partial charge in [-0.1, -0.05) is 41.4 Å². The highest BCUT2D eigenvalue weighted by atomic mass is 35.5. The van der Waals surface area contributed by atoms with Gasteiger partial charge in [0.1, 0.15) is 12.4 Å². The summed E-state index contributed by atoms with van der Waals surface area (Å²) in [6.07, 6.45) is 0. The van der Waals surface area contributed by atoms with Crippen molar-refractivity contribution in [3.8, 4) is 5.75 Å². The summed E-state index contributed by atoms with van der Waals surface area (Å²) in [5.41, 5.74) is 3.47. The molecule has 3 rings (SSSR count). The number of nitrogens with one attached hydrogen (secondary N) is 2. The van der Waals surface area contributed by atoms with Crippen LogP contribution in [0.4, 0.5) is 5.69 Å². The predicted octanol–water partition coefficient (Wildman–Crippen LogP) is 4.87. The summed E-state index contributed by atoms with van der Waals surface area (Å²) < 4.78 is 33.5. The Balaban J connectivity index is 1.63. The van der Waals surface area contributed by atoms with E-state index >= 15 is 0 Å². The molecule has 0 aliphatic rings. The molecule has 32 heavy (non-hydrogen) atoms. The monoisotopic (exact) mass is 472 g/mol. The van der Waals surface area contributed by atoms with Crippen molar-refractivity contribution in [2.24, 2.45) is 0 Å². The molecule has 0 fully saturated rings. The second-order valence-electron chi connectivity index (χ2n) is 7.49. The van der Waals surface area contributed by atoms with Crippen LogP contribution in [0.3, 0.4) is 0 Å². The first-order chi connectivity index (χ1) is 15.2. The molecule has 3 aromatic carbocycles. The number of benzene rings is 3. The number of carbonyl (C=O) groups excluding carboxylic acids is 1. The maximum atomic E-state index is 12.6. The number of halogens is 1. The summed E-state index contributed by atoms with van der Waals surface area (Å²) in [5.74, 6) is 0.348. The molecule has 0 aliphatic heterocycles. The highest BCUT2D eigenvalue weighted by Crippen LogP contribution is 2.23. The summed E-state index contributed by atoms with van der Waals surface area (Å²) >= 11 is 6.17. The second-order valence-corrected chi connectivity index (χ2v) is 9.58. The van der Waals surface area contributed by atoms with Crippen LogP contribution in [0.25, 0.3) is 0 Å². The lowest BCUT2D eigenvalue weighted by Gasteiger charge is -2.13. The van der Waals surface area contributed by atoms with Gasteiger partial charge in [-0.15, -0.1) is 0 Å². The highest BCUT2D eigenvalue weighted by molar-refractivity contribution is 7.92. The molecule has 1 amide bonds. The van der Waals surface area contributed by atoms with E-state index in [0.29, 0.717) is 0 Å². The minimum Gasteiger partial charge on any atom is -0.491 e. The van der Waals surface area contributed by atoms with Crippen LogP contribution in [0.15, 0.2) is 65.6 Å². The Labute approximate surface area is 193 Å². The van der Waals surface area contributed by atoms with Crippen LogP contribution in [0.1, 0.15) is 27.0 Å². The molecular formula is C24H25ClN2O4S. The van der Waals surface area contributed by atoms with Gasteiger partial charge in [0, 0.05) is 5.69 Å². The van der Waals surface area contributed by atoms with Gasteiger partial charge in [0.25, 0.3) is 15.9 Å². The Hall–Kier alpha value is -3.03. The van der Waals surface area contributed by atoms with Crippen LogP contribution in [-0.2, 0) is 10.0 Å². The number of rotatable bonds is 8. The zero-order valence-electron chi connectivity index (χ0n) is 18.1. The van der Waals surface area contributed by atoms with Gasteiger partial charge in [0.15, 0.2) is 0 Å². The lowest BCUT2D eigenvalue weighted by molar-refractivity contribution is 0.0947. The average molecular weight is 473 g/mol. The highest BCUT2D eigenvalue weighted by Gasteiger charge is 2.17. The van der Waals surface area contributed by atoms with Crippen LogP contribution in [0.5, 0.6) is 5.75 Å². The van der Waals surface area contributed by atoms with Crippen molar-refractivity contribution < 1.29 is 17.9 Å². The number of amides is 1. The van der Waals surface area contributed by atoms with Crippen LogP contribution in [0.2, 0.25) is 5.02 Å². The van der Waals surface area contributed by atoms with E-state index in [4.69, 9.17) is 16.3 Å². The van der Waals surface area contributed by atoms with Gasteiger partial charge in [0.2, 0.25) is 0 Å². The Kier molecular flexibility index (Phi) is 7.43. The van der Waals surface area contributed by atoms with Gasteiger partial charge in [-0.2, -0.15) is 0 Å². The molecule has 168 valence electrons. The number of hydrogen-bond donors (Lipinski definition) is 2. The zero-order chi connectivity index (χ0) is 23.3.